The molecule has 1 fully saturated rings. The van der Waals surface area contributed by atoms with E-state index in [1.54, 1.807) is 47.4 Å². The Morgan fingerprint density at radius 3 is 2.52 bits per heavy atom. The summed E-state index contributed by atoms with van der Waals surface area (Å²) in [5.74, 6) is 0.425. The molecule has 0 spiro atoms. The lowest BCUT2D eigenvalue weighted by Gasteiger charge is -2.22. The molecule has 0 atom stereocenters. The molecule has 2 amide bonds. The van der Waals surface area contributed by atoms with Crippen molar-refractivity contribution >= 4 is 35.0 Å². The summed E-state index contributed by atoms with van der Waals surface area (Å²) < 4.78 is 5.84. The molecule has 130 valence electrons. The Balaban J connectivity index is 1.91. The van der Waals surface area contributed by atoms with Gasteiger partial charge in [0.05, 0.1) is 10.0 Å². The van der Waals surface area contributed by atoms with Crippen LogP contribution in [0.2, 0.25) is 10.0 Å². The molecule has 1 N–H and O–H groups in total. The zero-order valence-electron chi connectivity index (χ0n) is 13.3. The molecular formula is C18H16Cl2N2O3. The molecule has 1 saturated heterocycles. The predicted octanol–water partition coefficient (Wildman–Crippen LogP) is 3.75. The number of hydrogen-bond donors (Lipinski definition) is 1. The molecule has 0 unspecified atom stereocenters. The van der Waals surface area contributed by atoms with Crippen LogP contribution in [0, 0.1) is 0 Å². The summed E-state index contributed by atoms with van der Waals surface area (Å²) in [5.41, 5.74) is 0.262. The molecule has 3 rings (SSSR count). The number of benzene rings is 2. The molecule has 0 bridgehead atoms. The maximum absolute atomic E-state index is 13.0. The first-order chi connectivity index (χ1) is 12.1. The average Bonchev–Trinajstić information content (AvgIpc) is 2.81. The van der Waals surface area contributed by atoms with Crippen LogP contribution >= 0.6 is 23.2 Å². The molecule has 0 radical (unpaired) electrons. The minimum atomic E-state index is -0.274. The molecule has 0 aromatic heterocycles. The Hall–Kier alpha value is -2.24. The monoisotopic (exact) mass is 378 g/mol. The van der Waals surface area contributed by atoms with Gasteiger partial charge in [-0.2, -0.15) is 0 Å². The molecule has 5 nitrogen and oxygen atoms in total. The number of halogens is 2. The Morgan fingerprint density at radius 1 is 1.00 bits per heavy atom. The number of carbonyl (C=O) groups excluding carboxylic acids is 2. The average molecular weight is 379 g/mol. The molecule has 25 heavy (non-hydrogen) atoms. The van der Waals surface area contributed by atoms with E-state index in [2.05, 4.69) is 5.32 Å². The van der Waals surface area contributed by atoms with Crippen molar-refractivity contribution in [2.24, 2.45) is 0 Å². The van der Waals surface area contributed by atoms with E-state index in [9.17, 15) is 9.59 Å². The molecule has 1 aliphatic rings. The summed E-state index contributed by atoms with van der Waals surface area (Å²) in [5, 5.41) is 3.47. The van der Waals surface area contributed by atoms with Crippen LogP contribution < -0.4 is 10.1 Å². The summed E-state index contributed by atoms with van der Waals surface area (Å²) in [7, 11) is 0. The lowest BCUT2D eigenvalue weighted by atomic mass is 10.1. The van der Waals surface area contributed by atoms with Gasteiger partial charge in [0.25, 0.3) is 5.91 Å². The van der Waals surface area contributed by atoms with E-state index in [1.165, 1.54) is 0 Å². The highest BCUT2D eigenvalue weighted by molar-refractivity contribution is 6.34. The highest BCUT2D eigenvalue weighted by Crippen LogP contribution is 2.34. The standard InChI is InChI=1S/C18H16Cl2N2O3/c19-12-4-1-2-6-14(12)25-15-7-3-5-13(20)17(15)18(24)22-10-8-16(23)21-9-11-22/h1-7H,8-11H2,(H,21,23). The number of amides is 2. The smallest absolute Gasteiger partial charge is 0.259 e. The van der Waals surface area contributed by atoms with Gasteiger partial charge in [-0.25, -0.2) is 0 Å². The SMILES string of the molecule is O=C1CCN(C(=O)c2c(Cl)cccc2Oc2ccccc2Cl)CCN1. The number of carbonyl (C=O) groups is 2. The quantitative estimate of drug-likeness (QED) is 0.884. The lowest BCUT2D eigenvalue weighted by Crippen LogP contribution is -2.34. The van der Waals surface area contributed by atoms with Gasteiger partial charge in [0.15, 0.2) is 0 Å². The van der Waals surface area contributed by atoms with E-state index in [4.69, 9.17) is 27.9 Å². The van der Waals surface area contributed by atoms with Gasteiger partial charge in [-0.3, -0.25) is 9.59 Å². The summed E-state index contributed by atoms with van der Waals surface area (Å²) in [6.45, 7) is 1.17. The number of nitrogens with one attached hydrogen (secondary N) is 1. The molecular weight excluding hydrogens is 363 g/mol. The Morgan fingerprint density at radius 2 is 1.72 bits per heavy atom. The van der Waals surface area contributed by atoms with Crippen LogP contribution in [0.5, 0.6) is 11.5 Å². The number of rotatable bonds is 3. The van der Waals surface area contributed by atoms with Gasteiger partial charge in [0, 0.05) is 26.1 Å². The highest BCUT2D eigenvalue weighted by atomic mass is 35.5. The van der Waals surface area contributed by atoms with Gasteiger partial charge < -0.3 is 15.0 Å². The van der Waals surface area contributed by atoms with E-state index >= 15 is 0 Å². The third-order valence-electron chi connectivity index (χ3n) is 3.85. The predicted molar refractivity (Wildman–Crippen MR) is 96.5 cm³/mol. The number of para-hydroxylation sites is 1. The van der Waals surface area contributed by atoms with Gasteiger partial charge in [0.1, 0.15) is 17.1 Å². The minimum Gasteiger partial charge on any atom is -0.455 e. The Kier molecular flexibility index (Phi) is 5.46. The van der Waals surface area contributed by atoms with Crippen LogP contribution in [0.1, 0.15) is 16.8 Å². The first kappa shape index (κ1) is 17.6. The third-order valence-corrected chi connectivity index (χ3v) is 4.47. The van der Waals surface area contributed by atoms with Crippen molar-refractivity contribution in [3.05, 3.63) is 58.1 Å². The molecule has 2 aromatic rings. The Labute approximate surface area is 155 Å². The zero-order valence-corrected chi connectivity index (χ0v) is 14.8. The van der Waals surface area contributed by atoms with E-state index < -0.39 is 0 Å². The van der Waals surface area contributed by atoms with Crippen molar-refractivity contribution in [3.8, 4) is 11.5 Å². The van der Waals surface area contributed by atoms with Gasteiger partial charge in [-0.15, -0.1) is 0 Å². The van der Waals surface area contributed by atoms with Crippen LogP contribution in [0.15, 0.2) is 42.5 Å². The zero-order chi connectivity index (χ0) is 17.8. The van der Waals surface area contributed by atoms with Crippen LogP contribution in [0.3, 0.4) is 0 Å². The molecule has 2 aromatic carbocycles. The minimum absolute atomic E-state index is 0.0676. The summed E-state index contributed by atoms with van der Waals surface area (Å²) in [6.07, 6.45) is 0.261. The molecule has 7 heteroatoms. The largest absolute Gasteiger partial charge is 0.455 e. The maximum atomic E-state index is 13.0. The fourth-order valence-corrected chi connectivity index (χ4v) is 2.99. The maximum Gasteiger partial charge on any atom is 0.259 e. The van der Waals surface area contributed by atoms with Crippen LogP contribution in [0.25, 0.3) is 0 Å². The second-order valence-electron chi connectivity index (χ2n) is 5.54. The van der Waals surface area contributed by atoms with Crippen molar-refractivity contribution in [1.29, 1.82) is 0 Å². The highest BCUT2D eigenvalue weighted by Gasteiger charge is 2.25. The summed E-state index contributed by atoms with van der Waals surface area (Å²) >= 11 is 12.4. The van der Waals surface area contributed by atoms with Crippen LogP contribution in [-0.2, 0) is 4.79 Å². The van der Waals surface area contributed by atoms with E-state index in [0.717, 1.165) is 0 Å². The topological polar surface area (TPSA) is 58.6 Å². The number of hydrogen-bond acceptors (Lipinski definition) is 3. The summed E-state index contributed by atoms with van der Waals surface area (Å²) in [4.78, 5) is 26.0. The second kappa shape index (κ2) is 7.76. The van der Waals surface area contributed by atoms with Gasteiger partial charge in [0.2, 0.25) is 5.91 Å². The number of nitrogens with zero attached hydrogens (tertiary/aromatic N) is 1. The van der Waals surface area contributed by atoms with E-state index in [-0.39, 0.29) is 28.8 Å². The van der Waals surface area contributed by atoms with Crippen molar-refractivity contribution in [2.75, 3.05) is 19.6 Å². The van der Waals surface area contributed by atoms with Crippen molar-refractivity contribution in [2.45, 2.75) is 6.42 Å². The van der Waals surface area contributed by atoms with Gasteiger partial charge in [-0.1, -0.05) is 41.4 Å². The normalized spacial score (nSPS) is 14.6. The van der Waals surface area contributed by atoms with Crippen LogP contribution in [-0.4, -0.2) is 36.3 Å². The fourth-order valence-electron chi connectivity index (χ4n) is 2.57. The molecule has 0 saturated carbocycles. The van der Waals surface area contributed by atoms with Crippen molar-refractivity contribution in [3.63, 3.8) is 0 Å². The van der Waals surface area contributed by atoms with Crippen molar-refractivity contribution in [1.82, 2.24) is 10.2 Å². The van der Waals surface area contributed by atoms with E-state index in [1.807, 2.05) is 0 Å². The fraction of sp³-hybridized carbons (Fsp3) is 0.222. The lowest BCUT2D eigenvalue weighted by molar-refractivity contribution is -0.120. The first-order valence-electron chi connectivity index (χ1n) is 7.83. The van der Waals surface area contributed by atoms with Gasteiger partial charge >= 0.3 is 0 Å². The van der Waals surface area contributed by atoms with Gasteiger partial charge in [-0.05, 0) is 24.3 Å². The third kappa shape index (κ3) is 4.06. The molecule has 0 aliphatic carbocycles. The molecule has 1 heterocycles. The number of ether oxygens (including phenoxy) is 1. The second-order valence-corrected chi connectivity index (χ2v) is 6.35. The van der Waals surface area contributed by atoms with Crippen molar-refractivity contribution < 1.29 is 14.3 Å². The molecule has 1 aliphatic heterocycles. The van der Waals surface area contributed by atoms with Crippen LogP contribution in [0.4, 0.5) is 0 Å². The summed E-state index contributed by atoms with van der Waals surface area (Å²) in [6, 6.07) is 12.0. The van der Waals surface area contributed by atoms with E-state index in [0.29, 0.717) is 36.2 Å². The Bertz CT molecular complexity index is 811. The first-order valence-corrected chi connectivity index (χ1v) is 8.58.